The van der Waals surface area contributed by atoms with E-state index >= 15 is 0 Å². The first kappa shape index (κ1) is 33.7. The fourth-order valence-corrected chi connectivity index (χ4v) is 9.19. The van der Waals surface area contributed by atoms with Crippen LogP contribution in [0.4, 0.5) is 4.79 Å². The lowest BCUT2D eigenvalue weighted by molar-refractivity contribution is -0.165. The van der Waals surface area contributed by atoms with Gasteiger partial charge in [0.25, 0.3) is 11.8 Å². The molecule has 0 aromatic carbocycles. The number of aliphatic carboxylic acids is 1. The normalized spacial score (nSPS) is 20.5. The minimum Gasteiger partial charge on any atom is -0.477 e. The van der Waals surface area contributed by atoms with Crippen LogP contribution in [0.2, 0.25) is 0 Å². The van der Waals surface area contributed by atoms with Gasteiger partial charge in [0.05, 0.1) is 6.42 Å². The number of carboxylic acids is 1. The molecule has 4 amide bonds. The summed E-state index contributed by atoms with van der Waals surface area (Å²) < 4.78 is 27.6. The van der Waals surface area contributed by atoms with Gasteiger partial charge in [0.15, 0.2) is 5.40 Å². The third-order valence-corrected chi connectivity index (χ3v) is 12.5. The lowest BCUT2D eigenvalue weighted by Gasteiger charge is -2.55. The smallest absolute Gasteiger partial charge is 0.404 e. The first-order valence-electron chi connectivity index (χ1n) is 12.0. The summed E-state index contributed by atoms with van der Waals surface area (Å²) in [6.45, 7) is -0.727. The number of thioether (sulfide) groups is 1. The van der Waals surface area contributed by atoms with E-state index < -0.39 is 80.0 Å². The summed E-state index contributed by atoms with van der Waals surface area (Å²) in [5.41, 5.74) is 2.25. The number of unbranched alkanes of at least 4 members (excludes halogenated alkanes) is 1. The Morgan fingerprint density at radius 1 is 1.17 bits per heavy atom. The molecular formula is C21H28N4O13P2S2. The van der Waals surface area contributed by atoms with Gasteiger partial charge in [-0.1, -0.05) is 12.5 Å². The van der Waals surface area contributed by atoms with Gasteiger partial charge in [0.2, 0.25) is 11.4 Å². The van der Waals surface area contributed by atoms with Crippen LogP contribution in [-0.4, -0.2) is 94.6 Å². The fraction of sp³-hybridized carbons (Fsp3) is 0.476. The Morgan fingerprint density at radius 3 is 2.38 bits per heavy atom. The number of rotatable bonds is 14. The Kier molecular flexibility index (Phi) is 10.7. The molecule has 2 aliphatic heterocycles. The van der Waals surface area contributed by atoms with Crippen LogP contribution in [-0.2, 0) is 39.5 Å². The van der Waals surface area contributed by atoms with Gasteiger partial charge >= 0.3 is 27.3 Å². The number of carbonyl (C=O) groups excluding carboxylic acids is 4. The molecule has 1 aromatic heterocycles. The number of hydrogen-bond donors (Lipinski definition) is 8. The number of nitrogens with two attached hydrogens (primary N) is 1. The summed E-state index contributed by atoms with van der Waals surface area (Å²) in [6.07, 6.45) is -2.03. The summed E-state index contributed by atoms with van der Waals surface area (Å²) in [6, 6.07) is 3.37. The van der Waals surface area contributed by atoms with E-state index in [1.54, 1.807) is 17.5 Å². The molecule has 232 valence electrons. The van der Waals surface area contributed by atoms with Crippen LogP contribution in [0.5, 0.6) is 0 Å². The first-order chi connectivity index (χ1) is 19.5. The largest absolute Gasteiger partial charge is 0.477 e. The molecule has 0 spiro atoms. The average molecular weight is 671 g/mol. The number of carboxylic acid groups (broad SMARTS) is 1. The molecule has 3 heterocycles. The fourth-order valence-electron chi connectivity index (χ4n) is 4.43. The minimum absolute atomic E-state index is 0.00788. The van der Waals surface area contributed by atoms with Crippen molar-refractivity contribution in [1.82, 2.24) is 15.5 Å². The predicted molar refractivity (Wildman–Crippen MR) is 147 cm³/mol. The number of β-lactam (4-membered cyclic amide) rings is 1. The predicted octanol–water partition coefficient (Wildman–Crippen LogP) is -0.537. The molecule has 17 nitrogen and oxygen atoms in total. The Labute approximate surface area is 246 Å². The standard InChI is InChI=1S/C21H28N4O13P2S2/c22-20(31)38-9-11-10-42-19-21(18(30)25(19)15(11)16(27)28,24-13(26)8-12-4-3-7-41-12)17(29)23-6-2-1-5-14(39(32,33)34)40(35,36)37/h3-4,7,14,19H,1-2,5-6,8-10H2,(H2,22,31)(H,23,29)(H,24,26)(H,27,28)(H2,32,33,34)(H2,35,36,37)/t19-,21?/m0/s1. The summed E-state index contributed by atoms with van der Waals surface area (Å²) >= 11 is 2.20. The van der Waals surface area contributed by atoms with Crippen LogP contribution < -0.4 is 16.4 Å². The number of thiophene rings is 1. The third kappa shape index (κ3) is 7.41. The molecule has 0 saturated carbocycles. The Morgan fingerprint density at radius 2 is 1.83 bits per heavy atom. The van der Waals surface area contributed by atoms with Crippen LogP contribution in [0.3, 0.4) is 0 Å². The van der Waals surface area contributed by atoms with Gasteiger partial charge in [-0.05, 0) is 24.3 Å². The van der Waals surface area contributed by atoms with E-state index in [1.165, 1.54) is 11.3 Å². The number of amides is 4. The molecule has 1 unspecified atom stereocenters. The van der Waals surface area contributed by atoms with E-state index in [4.69, 9.17) is 5.73 Å². The zero-order valence-corrected chi connectivity index (χ0v) is 25.0. The molecule has 0 aliphatic carbocycles. The summed E-state index contributed by atoms with van der Waals surface area (Å²) in [4.78, 5) is 101. The molecule has 2 aliphatic rings. The van der Waals surface area contributed by atoms with Crippen molar-refractivity contribution in [2.24, 2.45) is 5.73 Å². The maximum absolute atomic E-state index is 13.5. The lowest BCUT2D eigenvalue weighted by atomic mass is 9.84. The molecular weight excluding hydrogens is 642 g/mol. The second kappa shape index (κ2) is 13.3. The number of hydrogen-bond acceptors (Lipinski definition) is 10. The lowest BCUT2D eigenvalue weighted by Crippen LogP contribution is -2.84. The molecule has 42 heavy (non-hydrogen) atoms. The molecule has 1 fully saturated rings. The summed E-state index contributed by atoms with van der Waals surface area (Å²) in [5.74, 6) is -4.38. The Balaban J connectivity index is 1.79. The highest BCUT2D eigenvalue weighted by molar-refractivity contribution is 8.00. The van der Waals surface area contributed by atoms with Crippen LogP contribution in [0.25, 0.3) is 0 Å². The number of nitrogens with zero attached hydrogens (tertiary/aromatic N) is 1. The molecule has 0 bridgehead atoms. The molecule has 1 saturated heterocycles. The van der Waals surface area contributed by atoms with Crippen LogP contribution in [0, 0.1) is 0 Å². The van der Waals surface area contributed by atoms with E-state index in [0.29, 0.717) is 4.88 Å². The minimum atomic E-state index is -5.12. The van der Waals surface area contributed by atoms with Crippen molar-refractivity contribution in [2.45, 2.75) is 42.0 Å². The van der Waals surface area contributed by atoms with Gasteiger partial charge in [0, 0.05) is 22.7 Å². The molecule has 9 N–H and O–H groups in total. The monoisotopic (exact) mass is 670 g/mol. The first-order valence-corrected chi connectivity index (χ1v) is 17.3. The highest BCUT2D eigenvalue weighted by Crippen LogP contribution is 2.61. The molecule has 3 rings (SSSR count). The van der Waals surface area contributed by atoms with Crippen LogP contribution in [0.15, 0.2) is 28.8 Å². The van der Waals surface area contributed by atoms with E-state index in [0.717, 1.165) is 16.7 Å². The van der Waals surface area contributed by atoms with Gasteiger partial charge in [0.1, 0.15) is 17.7 Å². The van der Waals surface area contributed by atoms with Crippen molar-refractivity contribution in [3.05, 3.63) is 33.7 Å². The van der Waals surface area contributed by atoms with Crippen molar-refractivity contribution in [3.63, 3.8) is 0 Å². The highest BCUT2D eigenvalue weighted by atomic mass is 32.2. The molecule has 0 radical (unpaired) electrons. The van der Waals surface area contributed by atoms with Crippen molar-refractivity contribution in [3.8, 4) is 0 Å². The zero-order chi connectivity index (χ0) is 31.5. The second-order valence-corrected chi connectivity index (χ2v) is 15.3. The second-order valence-electron chi connectivity index (χ2n) is 9.23. The number of carbonyl (C=O) groups is 5. The Hall–Kier alpha value is -2.76. The van der Waals surface area contributed by atoms with Crippen molar-refractivity contribution in [1.29, 1.82) is 0 Å². The zero-order valence-electron chi connectivity index (χ0n) is 21.6. The third-order valence-electron chi connectivity index (χ3n) is 6.30. The van der Waals surface area contributed by atoms with Crippen molar-refractivity contribution in [2.75, 3.05) is 18.9 Å². The van der Waals surface area contributed by atoms with Gasteiger partial charge in [-0.2, -0.15) is 0 Å². The topological polar surface area (TPSA) is 283 Å². The Bertz CT molecular complexity index is 1350. The number of nitrogens with one attached hydrogen (secondary N) is 2. The van der Waals surface area contributed by atoms with Gasteiger partial charge in [-0.3, -0.25) is 28.4 Å². The van der Waals surface area contributed by atoms with Crippen LogP contribution >= 0.6 is 38.3 Å². The number of fused-ring (bicyclic) bond motifs is 1. The van der Waals surface area contributed by atoms with Gasteiger partial charge < -0.3 is 45.8 Å². The number of primary amides is 1. The molecule has 2 atom stereocenters. The van der Waals surface area contributed by atoms with E-state index in [9.17, 15) is 57.8 Å². The molecule has 1 aromatic rings. The highest BCUT2D eigenvalue weighted by Gasteiger charge is 2.69. The summed E-state index contributed by atoms with van der Waals surface area (Å²) in [7, 11) is -10.2. The SMILES string of the molecule is NC(=O)OCC1=C(C(=O)O)N2C(=O)C(NC(=O)Cc3cccs3)(C(=O)NCCCCC(P(=O)(O)O)P(=O)(O)O)[C@@H]2SC1. The van der Waals surface area contributed by atoms with Gasteiger partial charge in [-0.15, -0.1) is 23.1 Å². The van der Waals surface area contributed by atoms with Crippen molar-refractivity contribution < 1.29 is 62.5 Å². The average Bonchev–Trinajstić information content (AvgIpc) is 3.38. The van der Waals surface area contributed by atoms with E-state index in [2.05, 4.69) is 15.4 Å². The van der Waals surface area contributed by atoms with Crippen molar-refractivity contribution >= 4 is 68.1 Å². The van der Waals surface area contributed by atoms with E-state index in [-0.39, 0.29) is 37.1 Å². The van der Waals surface area contributed by atoms with E-state index in [1.807, 2.05) is 0 Å². The number of ether oxygens (including phenoxy) is 1. The summed E-state index contributed by atoms with van der Waals surface area (Å²) in [5, 5.41) is 13.0. The quantitative estimate of drug-likeness (QED) is 0.0534. The molecule has 21 heteroatoms. The van der Waals surface area contributed by atoms with Gasteiger partial charge in [-0.25, -0.2) is 9.59 Å². The maximum Gasteiger partial charge on any atom is 0.404 e. The van der Waals surface area contributed by atoms with Crippen LogP contribution in [0.1, 0.15) is 24.1 Å². The maximum atomic E-state index is 13.5.